The van der Waals surface area contributed by atoms with Crippen molar-refractivity contribution in [3.63, 3.8) is 0 Å². The van der Waals surface area contributed by atoms with Crippen LogP contribution in [0.2, 0.25) is 0 Å². The quantitative estimate of drug-likeness (QED) is 0.769. The Morgan fingerprint density at radius 1 is 1.38 bits per heavy atom. The van der Waals surface area contributed by atoms with Gasteiger partial charge in [0.2, 0.25) is 5.91 Å². The lowest BCUT2D eigenvalue weighted by Gasteiger charge is -2.26. The lowest BCUT2D eigenvalue weighted by molar-refractivity contribution is -0.129. The number of carbonyl (C=O) groups is 1. The topological polar surface area (TPSA) is 20.3 Å². The number of allylic oxidation sites excluding steroid dienone is 4. The van der Waals surface area contributed by atoms with Crippen molar-refractivity contribution in [1.29, 1.82) is 0 Å². The minimum absolute atomic E-state index is 0.0842. The molecule has 1 aliphatic heterocycles. The second-order valence-electron chi connectivity index (χ2n) is 4.74. The van der Waals surface area contributed by atoms with Gasteiger partial charge in [0.25, 0.3) is 0 Å². The van der Waals surface area contributed by atoms with Crippen LogP contribution in [-0.4, -0.2) is 10.8 Å². The number of rotatable bonds is 3. The van der Waals surface area contributed by atoms with Crippen molar-refractivity contribution in [1.82, 2.24) is 4.90 Å². The first-order valence-electron chi connectivity index (χ1n) is 7.11. The predicted molar refractivity (Wildman–Crippen MR) is 86.2 cm³/mol. The van der Waals surface area contributed by atoms with Crippen LogP contribution in [0.5, 0.6) is 0 Å². The van der Waals surface area contributed by atoms with Crippen molar-refractivity contribution in [2.24, 2.45) is 0 Å². The summed E-state index contributed by atoms with van der Waals surface area (Å²) >= 11 is 0. The molecule has 0 fully saturated rings. The zero-order chi connectivity index (χ0) is 15.2. The second kappa shape index (κ2) is 6.76. The highest BCUT2D eigenvalue weighted by molar-refractivity contribution is 5.79. The molecule has 0 radical (unpaired) electrons. The largest absolute Gasteiger partial charge is 0.307 e. The number of hydrogen-bond acceptors (Lipinski definition) is 1. The van der Waals surface area contributed by atoms with Gasteiger partial charge in [-0.3, -0.25) is 4.79 Å². The molecule has 0 saturated carbocycles. The van der Waals surface area contributed by atoms with Gasteiger partial charge >= 0.3 is 0 Å². The van der Waals surface area contributed by atoms with E-state index in [2.05, 4.69) is 18.4 Å². The summed E-state index contributed by atoms with van der Waals surface area (Å²) in [5.41, 5.74) is 3.63. The number of benzene rings is 1. The van der Waals surface area contributed by atoms with Crippen LogP contribution in [-0.2, 0) is 11.3 Å². The van der Waals surface area contributed by atoms with Gasteiger partial charge in [-0.15, -0.1) is 0 Å². The molecule has 1 aromatic rings. The molecule has 1 aliphatic rings. The van der Waals surface area contributed by atoms with Crippen LogP contribution in [0.15, 0.2) is 60.3 Å². The van der Waals surface area contributed by atoms with E-state index < -0.39 is 0 Å². The van der Waals surface area contributed by atoms with Gasteiger partial charge < -0.3 is 4.90 Å². The van der Waals surface area contributed by atoms with Crippen molar-refractivity contribution in [3.05, 3.63) is 71.5 Å². The highest BCUT2D eigenvalue weighted by Crippen LogP contribution is 2.22. The average Bonchev–Trinajstić information content (AvgIpc) is 2.50. The maximum absolute atomic E-state index is 12.4. The molecule has 106 valence electrons. The molecule has 1 aromatic carbocycles. The van der Waals surface area contributed by atoms with Crippen LogP contribution < -0.4 is 0 Å². The number of fused-ring (bicyclic) bond motifs is 1. The molecule has 0 atom stereocenters. The smallest absolute Gasteiger partial charge is 0.227 e. The summed E-state index contributed by atoms with van der Waals surface area (Å²) in [6.07, 6.45) is 6.02. The zero-order valence-electron chi connectivity index (χ0n) is 12.5. The summed E-state index contributed by atoms with van der Waals surface area (Å²) in [5, 5.41) is 0. The van der Waals surface area contributed by atoms with Gasteiger partial charge in [-0.2, -0.15) is 0 Å². The normalized spacial score (nSPS) is 17.5. The van der Waals surface area contributed by atoms with E-state index in [1.165, 1.54) is 0 Å². The fraction of sp³-hybridized carbons (Fsp3) is 0.211. The molecule has 0 saturated heterocycles. The van der Waals surface area contributed by atoms with E-state index in [0.29, 0.717) is 13.0 Å². The standard InChI is InChI=1S/C19H19NO/c1-4-9-18-15(5-2)12-13-16-10-7-8-11-17(16)14-20(18)19(21)6-3/h4-5,7-11H,2,6,14H2,1,3H3/b9-4-,18-15-. The Balaban J connectivity index is 2.66. The average molecular weight is 277 g/mol. The molecule has 2 rings (SSSR count). The number of nitrogens with zero attached hydrogens (tertiary/aromatic N) is 1. The number of carbonyl (C=O) groups excluding carboxylic acids is 1. The summed E-state index contributed by atoms with van der Waals surface area (Å²) < 4.78 is 0. The van der Waals surface area contributed by atoms with Crippen LogP contribution in [0.25, 0.3) is 0 Å². The molecule has 0 bridgehead atoms. The molecular weight excluding hydrogens is 258 g/mol. The summed E-state index contributed by atoms with van der Waals surface area (Å²) in [6, 6.07) is 7.94. The third-order valence-electron chi connectivity index (χ3n) is 3.38. The van der Waals surface area contributed by atoms with Crippen LogP contribution in [0, 0.1) is 11.8 Å². The highest BCUT2D eigenvalue weighted by Gasteiger charge is 2.19. The highest BCUT2D eigenvalue weighted by atomic mass is 16.2. The molecule has 2 nitrogen and oxygen atoms in total. The van der Waals surface area contributed by atoms with Crippen molar-refractivity contribution in [3.8, 4) is 11.8 Å². The van der Waals surface area contributed by atoms with Crippen molar-refractivity contribution in [2.45, 2.75) is 26.8 Å². The first-order valence-corrected chi connectivity index (χ1v) is 7.11. The Morgan fingerprint density at radius 3 is 2.81 bits per heavy atom. The molecule has 0 N–H and O–H groups in total. The predicted octanol–water partition coefficient (Wildman–Crippen LogP) is 3.81. The molecule has 0 aliphatic carbocycles. The molecule has 0 unspecified atom stereocenters. The van der Waals surface area contributed by atoms with Crippen LogP contribution in [0.3, 0.4) is 0 Å². The van der Waals surface area contributed by atoms with E-state index in [4.69, 9.17) is 0 Å². The SMILES string of the molecule is C=C/C1=C(\C=C/C)N(C(=O)CC)Cc2ccccc2C#C1. The Morgan fingerprint density at radius 2 is 2.14 bits per heavy atom. The maximum atomic E-state index is 12.4. The van der Waals surface area contributed by atoms with Gasteiger partial charge in [0.15, 0.2) is 0 Å². The minimum atomic E-state index is 0.0842. The van der Waals surface area contributed by atoms with E-state index in [1.54, 1.807) is 11.0 Å². The third-order valence-corrected chi connectivity index (χ3v) is 3.38. The Labute approximate surface area is 126 Å². The van der Waals surface area contributed by atoms with Crippen molar-refractivity contribution in [2.75, 3.05) is 0 Å². The summed E-state index contributed by atoms with van der Waals surface area (Å²) in [5.74, 6) is 6.40. The lowest BCUT2D eigenvalue weighted by atomic mass is 10.0. The van der Waals surface area contributed by atoms with Gasteiger partial charge in [-0.1, -0.05) is 55.7 Å². The maximum Gasteiger partial charge on any atom is 0.227 e. The van der Waals surface area contributed by atoms with Crippen LogP contribution >= 0.6 is 0 Å². The fourth-order valence-electron chi connectivity index (χ4n) is 2.29. The van der Waals surface area contributed by atoms with E-state index in [9.17, 15) is 4.79 Å². The number of hydrogen-bond donors (Lipinski definition) is 0. The molecule has 1 amide bonds. The Hall–Kier alpha value is -2.53. The van der Waals surface area contributed by atoms with Crippen LogP contribution in [0.1, 0.15) is 31.4 Å². The first-order chi connectivity index (χ1) is 10.2. The molecule has 2 heteroatoms. The van der Waals surface area contributed by atoms with Crippen LogP contribution in [0.4, 0.5) is 0 Å². The zero-order valence-corrected chi connectivity index (χ0v) is 12.5. The van der Waals surface area contributed by atoms with Gasteiger partial charge in [-0.05, 0) is 24.6 Å². The van der Waals surface area contributed by atoms with Gasteiger partial charge in [0.1, 0.15) is 0 Å². The molecule has 1 heterocycles. The molecular formula is C19H19NO. The minimum Gasteiger partial charge on any atom is -0.307 e. The van der Waals surface area contributed by atoms with Gasteiger partial charge in [-0.25, -0.2) is 0 Å². The van der Waals surface area contributed by atoms with Gasteiger partial charge in [0, 0.05) is 17.6 Å². The molecule has 21 heavy (non-hydrogen) atoms. The monoisotopic (exact) mass is 277 g/mol. The molecule has 0 spiro atoms. The lowest BCUT2D eigenvalue weighted by Crippen LogP contribution is -2.30. The fourth-order valence-corrected chi connectivity index (χ4v) is 2.29. The van der Waals surface area contributed by atoms with E-state index >= 15 is 0 Å². The van der Waals surface area contributed by atoms with E-state index in [0.717, 1.165) is 22.4 Å². The number of amides is 1. The summed E-state index contributed by atoms with van der Waals surface area (Å²) in [6.45, 7) is 8.18. The summed E-state index contributed by atoms with van der Waals surface area (Å²) in [7, 11) is 0. The third kappa shape index (κ3) is 3.14. The Bertz CT molecular complexity index is 683. The second-order valence-corrected chi connectivity index (χ2v) is 4.74. The first kappa shape index (κ1) is 14.9. The summed E-state index contributed by atoms with van der Waals surface area (Å²) in [4.78, 5) is 14.2. The van der Waals surface area contributed by atoms with Gasteiger partial charge in [0.05, 0.1) is 12.2 Å². The van der Waals surface area contributed by atoms with E-state index in [1.807, 2.05) is 50.3 Å². The molecule has 0 aromatic heterocycles. The van der Waals surface area contributed by atoms with Crippen molar-refractivity contribution < 1.29 is 4.79 Å². The van der Waals surface area contributed by atoms with E-state index in [-0.39, 0.29) is 5.91 Å². The Kier molecular flexibility index (Phi) is 4.79. The van der Waals surface area contributed by atoms with Crippen molar-refractivity contribution >= 4 is 5.91 Å².